The first-order valence-electron chi connectivity index (χ1n) is 4.67. The molecule has 5 nitrogen and oxygen atoms in total. The van der Waals surface area contributed by atoms with Gasteiger partial charge in [-0.05, 0) is 24.6 Å². The van der Waals surface area contributed by atoms with Gasteiger partial charge in [0.25, 0.3) is 0 Å². The number of hydrogen-bond donors (Lipinski definition) is 2. The molecule has 0 unspecified atom stereocenters. The van der Waals surface area contributed by atoms with Crippen LogP contribution in [0.5, 0.6) is 0 Å². The van der Waals surface area contributed by atoms with Crippen molar-refractivity contribution in [1.82, 2.24) is 0 Å². The number of hydrogen-bond acceptors (Lipinski definition) is 4. The molecule has 6 heteroatoms. The highest BCUT2D eigenvalue weighted by atomic mass is 32.2. The molecule has 0 aliphatic rings. The third kappa shape index (κ3) is 3.88. The Morgan fingerprint density at radius 2 is 2.19 bits per heavy atom. The highest BCUT2D eigenvalue weighted by Crippen LogP contribution is 2.16. The number of nitrogens with zero attached hydrogens (tertiary/aromatic N) is 1. The third-order valence-electron chi connectivity index (χ3n) is 2.00. The molecule has 0 amide bonds. The number of nitrogens with one attached hydrogen (secondary N) is 1. The summed E-state index contributed by atoms with van der Waals surface area (Å²) in [4.78, 5) is 0. The van der Waals surface area contributed by atoms with E-state index in [0.29, 0.717) is 11.3 Å². The molecule has 16 heavy (non-hydrogen) atoms. The Balaban J connectivity index is 2.74. The maximum absolute atomic E-state index is 10.7. The molecule has 0 spiro atoms. The van der Waals surface area contributed by atoms with Crippen molar-refractivity contribution >= 4 is 15.7 Å². The molecule has 1 aromatic rings. The van der Waals surface area contributed by atoms with Gasteiger partial charge in [-0.1, -0.05) is 6.07 Å². The molecule has 0 saturated carbocycles. The molecule has 0 atom stereocenters. The summed E-state index contributed by atoms with van der Waals surface area (Å²) in [5.41, 5.74) is 2.11. The summed E-state index contributed by atoms with van der Waals surface area (Å²) in [6.07, 6.45) is 0. The molecule has 0 radical (unpaired) electrons. The first-order chi connectivity index (χ1) is 7.42. The van der Waals surface area contributed by atoms with Crippen LogP contribution in [0.2, 0.25) is 0 Å². The monoisotopic (exact) mass is 239 g/mol. The molecular weight excluding hydrogens is 226 g/mol. The number of benzene rings is 1. The van der Waals surface area contributed by atoms with Crippen LogP contribution in [0.25, 0.3) is 0 Å². The van der Waals surface area contributed by atoms with E-state index >= 15 is 0 Å². The van der Waals surface area contributed by atoms with Gasteiger partial charge in [0.05, 0.1) is 17.0 Å². The molecule has 0 fully saturated rings. The van der Waals surface area contributed by atoms with Crippen LogP contribution in [0.1, 0.15) is 11.1 Å². The molecule has 1 rings (SSSR count). The summed E-state index contributed by atoms with van der Waals surface area (Å²) in [7, 11) is -3.47. The molecule has 0 saturated heterocycles. The number of anilines is 1. The Labute approximate surface area is 94.9 Å². The largest absolute Gasteiger partial charge is 0.383 e. The number of aryl methyl sites for hydroxylation is 1. The summed E-state index contributed by atoms with van der Waals surface area (Å²) in [5, 5.41) is 16.6. The summed E-state index contributed by atoms with van der Waals surface area (Å²) in [6, 6.07) is 7.33. The van der Waals surface area contributed by atoms with Gasteiger partial charge in [0.1, 0.15) is 6.07 Å². The minimum atomic E-state index is -3.47. The van der Waals surface area contributed by atoms with Crippen molar-refractivity contribution in [3.63, 3.8) is 0 Å². The molecule has 1 aromatic carbocycles. The molecule has 3 N–H and O–H groups in total. The topological polar surface area (TPSA) is 96.0 Å². The zero-order chi connectivity index (χ0) is 12.2. The lowest BCUT2D eigenvalue weighted by Crippen LogP contribution is -2.22. The van der Waals surface area contributed by atoms with Crippen LogP contribution in [0.15, 0.2) is 18.2 Å². The van der Waals surface area contributed by atoms with E-state index in [9.17, 15) is 8.42 Å². The van der Waals surface area contributed by atoms with Crippen molar-refractivity contribution in [1.29, 1.82) is 5.26 Å². The fourth-order valence-electron chi connectivity index (χ4n) is 1.23. The van der Waals surface area contributed by atoms with Gasteiger partial charge >= 0.3 is 0 Å². The summed E-state index contributed by atoms with van der Waals surface area (Å²) in [6.45, 7) is 2.09. The zero-order valence-electron chi connectivity index (χ0n) is 8.90. The predicted molar refractivity (Wildman–Crippen MR) is 62.4 cm³/mol. The smallest absolute Gasteiger partial charge is 0.210 e. The van der Waals surface area contributed by atoms with Crippen molar-refractivity contribution in [3.8, 4) is 6.07 Å². The van der Waals surface area contributed by atoms with E-state index in [2.05, 4.69) is 5.32 Å². The minimum Gasteiger partial charge on any atom is -0.383 e. The van der Waals surface area contributed by atoms with Crippen molar-refractivity contribution in [2.75, 3.05) is 17.6 Å². The van der Waals surface area contributed by atoms with Gasteiger partial charge in [-0.2, -0.15) is 5.26 Å². The van der Waals surface area contributed by atoms with Gasteiger partial charge in [-0.25, -0.2) is 13.6 Å². The fraction of sp³-hybridized carbons (Fsp3) is 0.300. The van der Waals surface area contributed by atoms with Crippen LogP contribution >= 0.6 is 0 Å². The predicted octanol–water partition coefficient (Wildman–Crippen LogP) is 0.567. The average Bonchev–Trinajstić information content (AvgIpc) is 2.16. The van der Waals surface area contributed by atoms with Crippen LogP contribution in [0.4, 0.5) is 5.69 Å². The van der Waals surface area contributed by atoms with Gasteiger partial charge < -0.3 is 5.32 Å². The quantitative estimate of drug-likeness (QED) is 0.802. The highest BCUT2D eigenvalue weighted by Gasteiger charge is 2.04. The third-order valence-corrected chi connectivity index (χ3v) is 2.77. The molecule has 86 valence electrons. The Bertz CT molecular complexity index is 517. The number of primary sulfonamides is 1. The Hall–Kier alpha value is -1.58. The SMILES string of the molecule is Cc1ccc(C#N)c(NCCS(N)(=O)=O)c1. The van der Waals surface area contributed by atoms with Crippen molar-refractivity contribution < 1.29 is 8.42 Å². The van der Waals surface area contributed by atoms with E-state index < -0.39 is 10.0 Å². The lowest BCUT2D eigenvalue weighted by molar-refractivity contribution is 0.598. The second-order valence-electron chi connectivity index (χ2n) is 3.45. The van der Waals surface area contributed by atoms with Gasteiger partial charge in [-0.15, -0.1) is 0 Å². The average molecular weight is 239 g/mol. The normalized spacial score (nSPS) is 10.8. The van der Waals surface area contributed by atoms with E-state index in [1.54, 1.807) is 12.1 Å². The van der Waals surface area contributed by atoms with Crippen LogP contribution < -0.4 is 10.5 Å². The molecular formula is C10H13N3O2S. The second kappa shape index (κ2) is 4.96. The van der Waals surface area contributed by atoms with Gasteiger partial charge in [0.15, 0.2) is 0 Å². The number of nitriles is 1. The van der Waals surface area contributed by atoms with Crippen LogP contribution in [-0.2, 0) is 10.0 Å². The summed E-state index contributed by atoms with van der Waals surface area (Å²) in [5.74, 6) is -0.161. The lowest BCUT2D eigenvalue weighted by Gasteiger charge is -2.08. The second-order valence-corrected chi connectivity index (χ2v) is 5.19. The Kier molecular flexibility index (Phi) is 3.88. The summed E-state index contributed by atoms with van der Waals surface area (Å²) < 4.78 is 21.4. The minimum absolute atomic E-state index is 0.161. The molecule has 0 heterocycles. The van der Waals surface area contributed by atoms with Crippen LogP contribution in [-0.4, -0.2) is 20.7 Å². The maximum Gasteiger partial charge on any atom is 0.210 e. The van der Waals surface area contributed by atoms with Gasteiger partial charge in [0, 0.05) is 6.54 Å². The fourth-order valence-corrected chi connectivity index (χ4v) is 1.62. The Morgan fingerprint density at radius 1 is 1.50 bits per heavy atom. The van der Waals surface area contributed by atoms with Crippen LogP contribution in [0.3, 0.4) is 0 Å². The van der Waals surface area contributed by atoms with E-state index in [0.717, 1.165) is 5.56 Å². The van der Waals surface area contributed by atoms with Gasteiger partial charge in [0.2, 0.25) is 10.0 Å². The van der Waals surface area contributed by atoms with E-state index in [4.69, 9.17) is 10.4 Å². The molecule has 0 aromatic heterocycles. The molecule has 0 aliphatic heterocycles. The van der Waals surface area contributed by atoms with E-state index in [-0.39, 0.29) is 12.3 Å². The van der Waals surface area contributed by atoms with Gasteiger partial charge in [-0.3, -0.25) is 0 Å². The molecule has 0 aliphatic carbocycles. The molecule has 0 bridgehead atoms. The zero-order valence-corrected chi connectivity index (χ0v) is 9.71. The number of rotatable bonds is 4. The number of nitrogens with two attached hydrogens (primary N) is 1. The van der Waals surface area contributed by atoms with E-state index in [1.165, 1.54) is 0 Å². The number of sulfonamides is 1. The standard InChI is InChI=1S/C10H13N3O2S/c1-8-2-3-9(7-11)10(6-8)13-4-5-16(12,14)15/h2-3,6,13H,4-5H2,1H3,(H2,12,14,15). The maximum atomic E-state index is 10.7. The first-order valence-corrected chi connectivity index (χ1v) is 6.39. The van der Waals surface area contributed by atoms with Crippen molar-refractivity contribution in [2.45, 2.75) is 6.92 Å². The first kappa shape index (κ1) is 12.5. The van der Waals surface area contributed by atoms with Crippen molar-refractivity contribution in [2.24, 2.45) is 5.14 Å². The Morgan fingerprint density at radius 3 is 2.75 bits per heavy atom. The van der Waals surface area contributed by atoms with E-state index in [1.807, 2.05) is 19.1 Å². The lowest BCUT2D eigenvalue weighted by atomic mass is 10.1. The summed E-state index contributed by atoms with van der Waals surface area (Å²) >= 11 is 0. The highest BCUT2D eigenvalue weighted by molar-refractivity contribution is 7.89. The van der Waals surface area contributed by atoms with Crippen LogP contribution in [0, 0.1) is 18.3 Å². The van der Waals surface area contributed by atoms with Crippen molar-refractivity contribution in [3.05, 3.63) is 29.3 Å².